The van der Waals surface area contributed by atoms with Gasteiger partial charge in [-0.1, -0.05) is 0 Å². The Balaban J connectivity index is 3.41. The number of carbonyl (C=O) groups excluding carboxylic acids is 1. The highest BCUT2D eigenvalue weighted by Crippen LogP contribution is 2.12. The average molecular weight is 220 g/mol. The summed E-state index contributed by atoms with van der Waals surface area (Å²) in [7, 11) is 0. The highest BCUT2D eigenvalue weighted by Gasteiger charge is 2.25. The predicted molar refractivity (Wildman–Crippen MR) is 58.9 cm³/mol. The first-order valence-corrected chi connectivity index (χ1v) is 5.92. The van der Waals surface area contributed by atoms with Crippen molar-refractivity contribution in [3.63, 3.8) is 0 Å². The second kappa shape index (κ2) is 6.27. The van der Waals surface area contributed by atoms with Gasteiger partial charge >= 0.3 is 0 Å². The molecule has 0 aliphatic heterocycles. The molecular weight excluding hydrogens is 200 g/mol. The number of carbonyl (C=O) groups is 1. The van der Waals surface area contributed by atoms with Gasteiger partial charge in [-0.2, -0.15) is 0 Å². The third-order valence-corrected chi connectivity index (χ3v) is 3.22. The van der Waals surface area contributed by atoms with E-state index in [9.17, 15) is 9.35 Å². The normalized spacial score (nSPS) is 14.0. The van der Waals surface area contributed by atoms with Crippen molar-refractivity contribution in [3.05, 3.63) is 0 Å². The van der Waals surface area contributed by atoms with Crippen LogP contribution < -0.4 is 10.5 Å². The molecule has 0 heterocycles. The van der Waals surface area contributed by atoms with Crippen molar-refractivity contribution in [2.75, 3.05) is 6.54 Å². The van der Waals surface area contributed by atoms with E-state index in [0.717, 1.165) is 12.8 Å². The topological polar surface area (TPSA) is 78.2 Å². The summed E-state index contributed by atoms with van der Waals surface area (Å²) in [5, 5.41) is 0. The van der Waals surface area contributed by atoms with Gasteiger partial charge in [0.2, 0.25) is 5.91 Å². The molecule has 0 aromatic carbocycles. The minimum absolute atomic E-state index is 0.232. The first-order chi connectivity index (χ1) is 6.34. The Kier molecular flexibility index (Phi) is 6.15. The largest absolute Gasteiger partial charge is 0.598 e. The molecule has 14 heavy (non-hydrogen) atoms. The number of rotatable bonds is 6. The monoisotopic (exact) mass is 220 g/mol. The molecule has 0 rings (SSSR count). The number of nitrogens with two attached hydrogens (primary N) is 1. The predicted octanol–water partition coefficient (Wildman–Crippen LogP) is 0.694. The summed E-state index contributed by atoms with van der Waals surface area (Å²) in [6, 6.07) is 0. The zero-order chi connectivity index (χ0) is 11.2. The first kappa shape index (κ1) is 13.7. The molecule has 0 unspecified atom stereocenters. The molecule has 0 radical (unpaired) electrons. The van der Waals surface area contributed by atoms with E-state index in [2.05, 4.69) is 4.72 Å². The van der Waals surface area contributed by atoms with Gasteiger partial charge in [-0.25, -0.2) is 0 Å². The second-order valence-corrected chi connectivity index (χ2v) is 6.25. The summed E-state index contributed by atoms with van der Waals surface area (Å²) in [6.07, 6.45) is 1.98. The lowest BCUT2D eigenvalue weighted by atomic mass is 10.2. The quantitative estimate of drug-likeness (QED) is 0.511. The van der Waals surface area contributed by atoms with Gasteiger partial charge in [0.15, 0.2) is 0 Å². The Hall–Kier alpha value is -0.260. The van der Waals surface area contributed by atoms with Crippen molar-refractivity contribution in [1.29, 1.82) is 0 Å². The summed E-state index contributed by atoms with van der Waals surface area (Å²) in [4.78, 5) is 10.4. The van der Waals surface area contributed by atoms with Gasteiger partial charge in [-0.3, -0.25) is 4.79 Å². The van der Waals surface area contributed by atoms with Crippen molar-refractivity contribution in [3.8, 4) is 0 Å². The van der Waals surface area contributed by atoms with Crippen LogP contribution in [0.1, 0.15) is 40.0 Å². The van der Waals surface area contributed by atoms with Crippen molar-refractivity contribution >= 4 is 17.3 Å². The molecule has 4 nitrogen and oxygen atoms in total. The summed E-state index contributed by atoms with van der Waals surface area (Å²) in [6.45, 7) is 6.41. The lowest BCUT2D eigenvalue weighted by Gasteiger charge is -2.23. The SMILES string of the molecule is CC(C)(C)[S@+]([O-])NCCCCC(N)=O. The van der Waals surface area contributed by atoms with Crippen LogP contribution in [0.3, 0.4) is 0 Å². The molecule has 0 aromatic heterocycles. The number of hydrogen-bond donors (Lipinski definition) is 2. The number of nitrogens with one attached hydrogen (secondary N) is 1. The molecule has 0 aromatic rings. The Morgan fingerprint density at radius 2 is 2.00 bits per heavy atom. The number of amides is 1. The van der Waals surface area contributed by atoms with E-state index in [1.54, 1.807) is 0 Å². The van der Waals surface area contributed by atoms with Crippen LogP contribution in [0.2, 0.25) is 0 Å². The molecule has 0 saturated heterocycles. The molecule has 84 valence electrons. The standard InChI is InChI=1S/C9H20N2O2S/c1-9(2,3)14(13)11-7-5-4-6-8(10)12/h11H,4-7H2,1-3H3,(H2,10,12)/t14-/m0/s1. The van der Waals surface area contributed by atoms with Crippen LogP contribution in [-0.2, 0) is 16.2 Å². The van der Waals surface area contributed by atoms with E-state index in [1.807, 2.05) is 20.8 Å². The zero-order valence-corrected chi connectivity index (χ0v) is 9.95. The van der Waals surface area contributed by atoms with Crippen LogP contribution in [0, 0.1) is 0 Å². The lowest BCUT2D eigenvalue weighted by Crippen LogP contribution is -2.39. The maximum atomic E-state index is 11.5. The third kappa shape index (κ3) is 7.17. The Morgan fingerprint density at radius 3 is 2.43 bits per heavy atom. The molecule has 0 spiro atoms. The maximum absolute atomic E-state index is 11.5. The molecule has 3 N–H and O–H groups in total. The fraction of sp³-hybridized carbons (Fsp3) is 0.889. The number of unbranched alkanes of at least 4 members (excludes halogenated alkanes) is 1. The second-order valence-electron chi connectivity index (χ2n) is 4.20. The minimum Gasteiger partial charge on any atom is -0.598 e. The van der Waals surface area contributed by atoms with Crippen molar-refractivity contribution in [2.24, 2.45) is 5.73 Å². The van der Waals surface area contributed by atoms with Crippen molar-refractivity contribution < 1.29 is 9.35 Å². The Bertz CT molecular complexity index is 180. The van der Waals surface area contributed by atoms with Gasteiger partial charge < -0.3 is 10.3 Å². The maximum Gasteiger partial charge on any atom is 0.217 e. The van der Waals surface area contributed by atoms with E-state index in [-0.39, 0.29) is 10.7 Å². The van der Waals surface area contributed by atoms with Crippen LogP contribution in [0.25, 0.3) is 0 Å². The minimum atomic E-state index is -1.02. The smallest absolute Gasteiger partial charge is 0.217 e. The van der Waals surface area contributed by atoms with Gasteiger partial charge in [-0.15, -0.1) is 4.72 Å². The van der Waals surface area contributed by atoms with Gasteiger partial charge in [-0.05, 0) is 33.6 Å². The molecule has 0 aliphatic rings. The average Bonchev–Trinajstić information content (AvgIpc) is 2.01. The number of primary amides is 1. The molecular formula is C9H20N2O2S. The summed E-state index contributed by atoms with van der Waals surface area (Å²) in [5.41, 5.74) is 4.98. The molecule has 1 amide bonds. The Labute approximate surface area is 88.9 Å². The molecule has 0 saturated carbocycles. The van der Waals surface area contributed by atoms with E-state index >= 15 is 0 Å². The summed E-state index contributed by atoms with van der Waals surface area (Å²) in [5.74, 6) is -0.276. The van der Waals surface area contributed by atoms with Crippen LogP contribution >= 0.6 is 0 Å². The van der Waals surface area contributed by atoms with Gasteiger partial charge in [0.25, 0.3) is 0 Å². The lowest BCUT2D eigenvalue weighted by molar-refractivity contribution is -0.118. The zero-order valence-electron chi connectivity index (χ0n) is 9.13. The highest BCUT2D eigenvalue weighted by molar-refractivity contribution is 7.90. The van der Waals surface area contributed by atoms with Crippen LogP contribution in [0.5, 0.6) is 0 Å². The van der Waals surface area contributed by atoms with E-state index in [1.165, 1.54) is 0 Å². The fourth-order valence-corrected chi connectivity index (χ4v) is 1.57. The van der Waals surface area contributed by atoms with E-state index < -0.39 is 11.4 Å². The number of hydrogen-bond acceptors (Lipinski definition) is 3. The molecule has 5 heteroatoms. The summed E-state index contributed by atoms with van der Waals surface area (Å²) >= 11 is -1.02. The first-order valence-electron chi connectivity index (χ1n) is 4.77. The third-order valence-electron chi connectivity index (χ3n) is 1.64. The van der Waals surface area contributed by atoms with Crippen molar-refractivity contribution in [1.82, 2.24) is 4.72 Å². The van der Waals surface area contributed by atoms with Gasteiger partial charge in [0.05, 0.1) is 0 Å². The molecule has 0 fully saturated rings. The van der Waals surface area contributed by atoms with Crippen molar-refractivity contribution in [2.45, 2.75) is 44.8 Å². The fourth-order valence-electron chi connectivity index (χ4n) is 0.806. The van der Waals surface area contributed by atoms with Gasteiger partial charge in [0, 0.05) is 24.3 Å². The highest BCUT2D eigenvalue weighted by atomic mass is 32.2. The molecule has 1 atom stereocenters. The van der Waals surface area contributed by atoms with E-state index in [4.69, 9.17) is 5.73 Å². The summed E-state index contributed by atoms with van der Waals surface area (Å²) < 4.78 is 14.2. The van der Waals surface area contributed by atoms with E-state index in [0.29, 0.717) is 13.0 Å². The van der Waals surface area contributed by atoms with Gasteiger partial charge in [0.1, 0.15) is 4.75 Å². The Morgan fingerprint density at radius 1 is 1.43 bits per heavy atom. The van der Waals surface area contributed by atoms with Crippen LogP contribution in [0.15, 0.2) is 0 Å². The van der Waals surface area contributed by atoms with Crippen LogP contribution in [-0.4, -0.2) is 21.8 Å². The molecule has 0 aliphatic carbocycles. The molecule has 0 bridgehead atoms. The van der Waals surface area contributed by atoms with Crippen LogP contribution in [0.4, 0.5) is 0 Å².